The second-order valence-electron chi connectivity index (χ2n) is 7.59. The van der Waals surface area contributed by atoms with Gasteiger partial charge in [-0.25, -0.2) is 4.98 Å². The van der Waals surface area contributed by atoms with Crippen molar-refractivity contribution in [2.24, 2.45) is 0 Å². The second kappa shape index (κ2) is 8.22. The molecule has 0 atom stereocenters. The number of nitrogens with zero attached hydrogens (tertiary/aromatic N) is 2. The van der Waals surface area contributed by atoms with E-state index in [0.717, 1.165) is 10.4 Å². The predicted octanol–water partition coefficient (Wildman–Crippen LogP) is 3.92. The molecule has 0 spiro atoms. The third kappa shape index (κ3) is 3.86. The third-order valence-corrected chi connectivity index (χ3v) is 6.64. The molecule has 1 N–H and O–H groups in total. The minimum Gasteiger partial charge on any atom is -0.493 e. The summed E-state index contributed by atoms with van der Waals surface area (Å²) >= 11 is 7.37. The first-order valence-electron chi connectivity index (χ1n) is 9.84. The van der Waals surface area contributed by atoms with Crippen molar-refractivity contribution in [3.63, 3.8) is 0 Å². The lowest BCUT2D eigenvalue weighted by Gasteiger charge is -2.35. The molecule has 2 aromatic carbocycles. The van der Waals surface area contributed by atoms with E-state index in [4.69, 9.17) is 25.8 Å². The Kier molecular flexibility index (Phi) is 5.38. The fourth-order valence-corrected chi connectivity index (χ4v) is 4.58. The van der Waals surface area contributed by atoms with E-state index in [1.54, 1.807) is 18.2 Å². The van der Waals surface area contributed by atoms with Gasteiger partial charge in [-0.3, -0.25) is 9.36 Å². The molecule has 1 aliphatic heterocycles. The highest BCUT2D eigenvalue weighted by Gasteiger charge is 2.37. The van der Waals surface area contributed by atoms with Crippen LogP contribution in [0.15, 0.2) is 59.7 Å². The molecule has 1 aliphatic rings. The molecular formula is C23H19ClN2O5S. The van der Waals surface area contributed by atoms with Gasteiger partial charge in [0, 0.05) is 16.0 Å². The number of ether oxygens (including phenoxy) is 3. The van der Waals surface area contributed by atoms with Crippen LogP contribution in [0.25, 0.3) is 26.3 Å². The van der Waals surface area contributed by atoms with Crippen LogP contribution in [0.4, 0.5) is 0 Å². The molecule has 9 heteroatoms. The van der Waals surface area contributed by atoms with E-state index in [2.05, 4.69) is 4.98 Å². The Morgan fingerprint density at radius 1 is 1.19 bits per heavy atom. The molecule has 5 rings (SSSR count). The summed E-state index contributed by atoms with van der Waals surface area (Å²) in [6.45, 7) is 0.583. The number of benzene rings is 2. The Labute approximate surface area is 192 Å². The summed E-state index contributed by atoms with van der Waals surface area (Å²) in [5, 5.41) is 10.8. The Hall–Kier alpha value is -2.91. The predicted molar refractivity (Wildman–Crippen MR) is 123 cm³/mol. The van der Waals surface area contributed by atoms with Crippen molar-refractivity contribution in [1.82, 2.24) is 9.55 Å². The first kappa shape index (κ1) is 21.0. The first-order valence-corrected chi connectivity index (χ1v) is 11.0. The maximum absolute atomic E-state index is 13.2. The maximum Gasteiger partial charge on any atom is 0.275 e. The summed E-state index contributed by atoms with van der Waals surface area (Å²) in [5.41, 5.74) is 1.07. The Balaban J connectivity index is 1.47. The summed E-state index contributed by atoms with van der Waals surface area (Å²) in [6, 6.07) is 14.5. The minimum absolute atomic E-state index is 0.0961. The number of aromatic nitrogens is 2. The number of halogens is 1. The fourth-order valence-electron chi connectivity index (χ4n) is 3.41. The number of rotatable bonds is 6. The number of methoxy groups -OCH3 is 1. The molecule has 4 aromatic rings. The van der Waals surface area contributed by atoms with Crippen LogP contribution in [0, 0.1) is 0 Å². The van der Waals surface area contributed by atoms with Crippen LogP contribution >= 0.6 is 22.9 Å². The van der Waals surface area contributed by atoms with Crippen molar-refractivity contribution in [3.05, 3.63) is 70.2 Å². The minimum atomic E-state index is -0.976. The quantitative estimate of drug-likeness (QED) is 0.460. The molecule has 0 bridgehead atoms. The molecule has 0 saturated carbocycles. The van der Waals surface area contributed by atoms with Crippen molar-refractivity contribution in [1.29, 1.82) is 0 Å². The van der Waals surface area contributed by atoms with Crippen LogP contribution in [0.5, 0.6) is 11.5 Å². The Morgan fingerprint density at radius 3 is 2.66 bits per heavy atom. The third-order valence-electron chi connectivity index (χ3n) is 5.23. The van der Waals surface area contributed by atoms with Crippen LogP contribution < -0.4 is 15.0 Å². The highest BCUT2D eigenvalue weighted by Crippen LogP contribution is 2.33. The molecule has 164 valence electrons. The topological polar surface area (TPSA) is 82.8 Å². The van der Waals surface area contributed by atoms with Crippen molar-refractivity contribution < 1.29 is 19.3 Å². The van der Waals surface area contributed by atoms with Crippen LogP contribution in [0.3, 0.4) is 0 Å². The summed E-state index contributed by atoms with van der Waals surface area (Å²) in [6.07, 6.45) is 1.51. The summed E-state index contributed by atoms with van der Waals surface area (Å²) in [5.74, 6) is 0.922. The van der Waals surface area contributed by atoms with Crippen LogP contribution in [-0.4, -0.2) is 47.2 Å². The van der Waals surface area contributed by atoms with Gasteiger partial charge in [-0.15, -0.1) is 11.3 Å². The highest BCUT2D eigenvalue weighted by atomic mass is 35.5. The monoisotopic (exact) mass is 470 g/mol. The lowest BCUT2D eigenvalue weighted by Crippen LogP contribution is -2.53. The zero-order chi connectivity index (χ0) is 22.3. The van der Waals surface area contributed by atoms with Crippen LogP contribution in [0.1, 0.15) is 0 Å². The van der Waals surface area contributed by atoms with Crippen LogP contribution in [0.2, 0.25) is 5.02 Å². The molecule has 0 radical (unpaired) electrons. The van der Waals surface area contributed by atoms with E-state index in [9.17, 15) is 9.90 Å². The molecule has 1 saturated heterocycles. The first-order chi connectivity index (χ1) is 15.5. The summed E-state index contributed by atoms with van der Waals surface area (Å²) < 4.78 is 18.2. The average Bonchev–Trinajstić information content (AvgIpc) is 3.22. The van der Waals surface area contributed by atoms with E-state index < -0.39 is 5.60 Å². The van der Waals surface area contributed by atoms with E-state index in [1.807, 2.05) is 30.3 Å². The largest absolute Gasteiger partial charge is 0.493 e. The zero-order valence-corrected chi connectivity index (χ0v) is 18.7. The fraction of sp³-hybridized carbons (Fsp3) is 0.217. The van der Waals surface area contributed by atoms with Crippen molar-refractivity contribution in [2.75, 3.05) is 26.9 Å². The van der Waals surface area contributed by atoms with Gasteiger partial charge < -0.3 is 19.3 Å². The van der Waals surface area contributed by atoms with Crippen molar-refractivity contribution in [3.8, 4) is 27.6 Å². The van der Waals surface area contributed by atoms with E-state index in [0.29, 0.717) is 32.4 Å². The maximum atomic E-state index is 13.2. The van der Waals surface area contributed by atoms with Crippen LogP contribution in [-0.2, 0) is 4.74 Å². The van der Waals surface area contributed by atoms with Gasteiger partial charge in [0.15, 0.2) is 11.5 Å². The number of aliphatic hydroxyl groups is 1. The summed E-state index contributed by atoms with van der Waals surface area (Å²) in [4.78, 5) is 18.6. The number of hydrogen-bond donors (Lipinski definition) is 1. The molecular weight excluding hydrogens is 452 g/mol. The molecule has 3 heterocycles. The molecule has 1 fully saturated rings. The van der Waals surface area contributed by atoms with Gasteiger partial charge in [0.1, 0.15) is 23.2 Å². The van der Waals surface area contributed by atoms with Gasteiger partial charge in [0.2, 0.25) is 0 Å². The molecule has 0 amide bonds. The molecule has 0 unspecified atom stereocenters. The van der Waals surface area contributed by atoms with Gasteiger partial charge in [0.05, 0.1) is 31.5 Å². The molecule has 7 nitrogen and oxygen atoms in total. The van der Waals surface area contributed by atoms with Gasteiger partial charge >= 0.3 is 0 Å². The molecule has 2 aromatic heterocycles. The van der Waals surface area contributed by atoms with Crippen molar-refractivity contribution >= 4 is 33.2 Å². The lowest BCUT2D eigenvalue weighted by atomic mass is 10.0. The van der Waals surface area contributed by atoms with E-state index in [1.165, 1.54) is 29.3 Å². The highest BCUT2D eigenvalue weighted by molar-refractivity contribution is 7.22. The normalized spacial score (nSPS) is 14.8. The molecule has 0 aliphatic carbocycles. The molecule has 32 heavy (non-hydrogen) atoms. The average molecular weight is 471 g/mol. The number of fused-ring (bicyclic) bond motifs is 1. The summed E-state index contributed by atoms with van der Waals surface area (Å²) in [7, 11) is 1.52. The standard InChI is InChI=1S/C23H19ClN2O5S/c1-29-19-8-16(6-7-18(19)31-12-23(28)10-30-11-23)26-13-25-17-9-20(32-21(17)22(26)27)14-2-4-15(24)5-3-14/h2-9,13,28H,10-12H2,1H3. The van der Waals surface area contributed by atoms with E-state index in [-0.39, 0.29) is 25.4 Å². The van der Waals surface area contributed by atoms with Crippen molar-refractivity contribution in [2.45, 2.75) is 5.60 Å². The van der Waals surface area contributed by atoms with Gasteiger partial charge in [0.25, 0.3) is 5.56 Å². The van der Waals surface area contributed by atoms with E-state index >= 15 is 0 Å². The van der Waals surface area contributed by atoms with Gasteiger partial charge in [-0.2, -0.15) is 0 Å². The second-order valence-corrected chi connectivity index (χ2v) is 9.08. The number of hydrogen-bond acceptors (Lipinski definition) is 7. The smallest absolute Gasteiger partial charge is 0.275 e. The van der Waals surface area contributed by atoms with Gasteiger partial charge in [-0.05, 0) is 35.9 Å². The number of thiophene rings is 1. The Morgan fingerprint density at radius 2 is 1.97 bits per heavy atom. The zero-order valence-electron chi connectivity index (χ0n) is 17.1. The SMILES string of the molecule is COc1cc(-n2cnc3cc(-c4ccc(Cl)cc4)sc3c2=O)ccc1OCC1(O)COC1. The Bertz CT molecular complexity index is 1350. The lowest BCUT2D eigenvalue weighted by molar-refractivity contribution is -0.192. The van der Waals surface area contributed by atoms with Gasteiger partial charge in [-0.1, -0.05) is 23.7 Å².